The van der Waals surface area contributed by atoms with Crippen molar-refractivity contribution in [3.05, 3.63) is 12.7 Å². The summed E-state index contributed by atoms with van der Waals surface area (Å²) >= 11 is 0. The second kappa shape index (κ2) is 11.4. The van der Waals surface area contributed by atoms with Crippen molar-refractivity contribution in [3.8, 4) is 0 Å². The highest BCUT2D eigenvalue weighted by molar-refractivity contribution is 5.85. The lowest BCUT2D eigenvalue weighted by atomic mass is 10.1. The molecule has 0 aromatic heterocycles. The number of nitrogens with one attached hydrogen (secondary N) is 1. The summed E-state index contributed by atoms with van der Waals surface area (Å²) in [6.07, 6.45) is 3.02. The minimum Gasteiger partial charge on any atom is -0.460 e. The molecule has 6 nitrogen and oxygen atoms in total. The molecule has 0 aliphatic heterocycles. The number of carbonyl (C=O) groups is 2. The van der Waals surface area contributed by atoms with Gasteiger partial charge in [0, 0.05) is 6.54 Å². The van der Waals surface area contributed by atoms with Gasteiger partial charge in [-0.05, 0) is 40.0 Å². The van der Waals surface area contributed by atoms with Crippen molar-refractivity contribution in [2.45, 2.75) is 51.7 Å². The monoisotopic (exact) mass is 322 g/mol. The van der Waals surface area contributed by atoms with Gasteiger partial charge in [-0.15, -0.1) is 12.4 Å². The molecule has 1 atom stereocenters. The lowest BCUT2D eigenvalue weighted by molar-refractivity contribution is -0.144. The van der Waals surface area contributed by atoms with Crippen LogP contribution in [-0.4, -0.2) is 36.9 Å². The third-order valence-electron chi connectivity index (χ3n) is 2.26. The molecule has 0 radical (unpaired) electrons. The van der Waals surface area contributed by atoms with E-state index < -0.39 is 23.7 Å². The Hall–Kier alpha value is -1.27. The molecule has 0 bridgehead atoms. The molecule has 3 N–H and O–H groups in total. The summed E-state index contributed by atoms with van der Waals surface area (Å²) in [6, 6.07) is -0.628. The van der Waals surface area contributed by atoms with Gasteiger partial charge in [0.25, 0.3) is 0 Å². The van der Waals surface area contributed by atoms with E-state index in [2.05, 4.69) is 11.9 Å². The number of unbranched alkanes of at least 4 members (excludes halogenated alkanes) is 1. The molecule has 21 heavy (non-hydrogen) atoms. The maximum atomic E-state index is 11.3. The largest absolute Gasteiger partial charge is 0.460 e. The Bertz CT molecular complexity index is 329. The third-order valence-corrected chi connectivity index (χ3v) is 2.26. The lowest BCUT2D eigenvalue weighted by Gasteiger charge is -2.19. The Morgan fingerprint density at radius 2 is 1.95 bits per heavy atom. The lowest BCUT2D eigenvalue weighted by Crippen LogP contribution is -2.34. The number of carbonyl (C=O) groups excluding carboxylic acids is 2. The summed E-state index contributed by atoms with van der Waals surface area (Å²) in [5.74, 6) is -0.426. The molecular formula is C14H27ClN2O4. The summed E-state index contributed by atoms with van der Waals surface area (Å²) in [5.41, 5.74) is 5.16. The van der Waals surface area contributed by atoms with Crippen LogP contribution in [-0.2, 0) is 14.3 Å². The summed E-state index contributed by atoms with van der Waals surface area (Å²) < 4.78 is 9.92. The second-order valence-corrected chi connectivity index (χ2v) is 5.45. The summed E-state index contributed by atoms with van der Waals surface area (Å²) in [6.45, 7) is 9.53. The van der Waals surface area contributed by atoms with Crippen LogP contribution in [0.5, 0.6) is 0 Å². The fourth-order valence-corrected chi connectivity index (χ4v) is 1.36. The van der Waals surface area contributed by atoms with E-state index in [4.69, 9.17) is 15.2 Å². The van der Waals surface area contributed by atoms with E-state index >= 15 is 0 Å². The van der Waals surface area contributed by atoms with Gasteiger partial charge >= 0.3 is 12.1 Å². The molecule has 0 rings (SSSR count). The molecule has 0 aliphatic rings. The van der Waals surface area contributed by atoms with Crippen molar-refractivity contribution >= 4 is 24.5 Å². The smallest absolute Gasteiger partial charge is 0.407 e. The molecule has 0 aromatic carbocycles. The van der Waals surface area contributed by atoms with Crippen LogP contribution in [0, 0.1) is 0 Å². The number of ether oxygens (including phenoxy) is 2. The van der Waals surface area contributed by atoms with E-state index in [-0.39, 0.29) is 19.0 Å². The number of hydrogen-bond acceptors (Lipinski definition) is 5. The normalized spacial score (nSPS) is 11.8. The number of amides is 1. The summed E-state index contributed by atoms with van der Waals surface area (Å²) in [5, 5.41) is 2.65. The molecule has 0 heterocycles. The van der Waals surface area contributed by atoms with Gasteiger partial charge in [-0.3, -0.25) is 4.79 Å². The van der Waals surface area contributed by atoms with Crippen LogP contribution in [0.4, 0.5) is 4.79 Å². The number of halogens is 1. The van der Waals surface area contributed by atoms with E-state index in [1.807, 2.05) is 0 Å². The van der Waals surface area contributed by atoms with E-state index in [0.29, 0.717) is 13.0 Å². The predicted molar refractivity (Wildman–Crippen MR) is 84.5 cm³/mol. The second-order valence-electron chi connectivity index (χ2n) is 5.45. The molecule has 7 heteroatoms. The van der Waals surface area contributed by atoms with Gasteiger partial charge in [0.05, 0.1) is 0 Å². The van der Waals surface area contributed by atoms with Gasteiger partial charge in [-0.25, -0.2) is 4.79 Å². The van der Waals surface area contributed by atoms with Crippen LogP contribution in [0.15, 0.2) is 12.7 Å². The zero-order chi connectivity index (χ0) is 15.6. The Morgan fingerprint density at radius 1 is 1.33 bits per heavy atom. The van der Waals surface area contributed by atoms with Crippen LogP contribution in [0.3, 0.4) is 0 Å². The predicted octanol–water partition coefficient (Wildman–Crippen LogP) is 2.16. The fraction of sp³-hybridized carbons (Fsp3) is 0.714. The van der Waals surface area contributed by atoms with E-state index in [1.54, 1.807) is 20.8 Å². The standard InChI is InChI=1S/C14H26N2O4.ClH/c1-5-10-19-12(17)11(15)8-6-7-9-16-13(18)20-14(2,3)4;/h5,11H,1,6-10,15H2,2-4H3,(H,16,18);1H/t11-;/m0./s1. The number of nitrogens with two attached hydrogens (primary N) is 1. The molecular weight excluding hydrogens is 296 g/mol. The first-order valence-corrected chi connectivity index (χ1v) is 6.76. The van der Waals surface area contributed by atoms with Crippen LogP contribution in [0.1, 0.15) is 40.0 Å². The van der Waals surface area contributed by atoms with Crippen LogP contribution in [0.25, 0.3) is 0 Å². The Morgan fingerprint density at radius 3 is 2.48 bits per heavy atom. The van der Waals surface area contributed by atoms with Gasteiger partial charge in [0.2, 0.25) is 0 Å². The van der Waals surface area contributed by atoms with Gasteiger partial charge in [-0.1, -0.05) is 12.7 Å². The van der Waals surface area contributed by atoms with Crippen molar-refractivity contribution in [1.82, 2.24) is 5.32 Å². The maximum absolute atomic E-state index is 11.3. The Balaban J connectivity index is 0. The summed E-state index contributed by atoms with van der Waals surface area (Å²) in [7, 11) is 0. The highest BCUT2D eigenvalue weighted by Gasteiger charge is 2.16. The van der Waals surface area contributed by atoms with E-state index in [1.165, 1.54) is 6.08 Å². The molecule has 0 fully saturated rings. The van der Waals surface area contributed by atoms with Crippen molar-refractivity contribution < 1.29 is 19.1 Å². The average molecular weight is 323 g/mol. The molecule has 0 unspecified atom stereocenters. The van der Waals surface area contributed by atoms with Crippen LogP contribution in [0.2, 0.25) is 0 Å². The average Bonchev–Trinajstić information content (AvgIpc) is 2.32. The number of rotatable bonds is 8. The highest BCUT2D eigenvalue weighted by atomic mass is 35.5. The number of esters is 1. The van der Waals surface area contributed by atoms with Crippen molar-refractivity contribution in [2.75, 3.05) is 13.2 Å². The first-order chi connectivity index (χ1) is 9.26. The molecule has 0 aliphatic carbocycles. The minimum atomic E-state index is -0.628. The van der Waals surface area contributed by atoms with Gasteiger partial charge < -0.3 is 20.5 Å². The first-order valence-electron chi connectivity index (χ1n) is 6.76. The molecule has 0 aromatic rings. The van der Waals surface area contributed by atoms with E-state index in [0.717, 1.165) is 12.8 Å². The number of alkyl carbamates (subject to hydrolysis) is 1. The number of hydrogen-bond donors (Lipinski definition) is 2. The SMILES string of the molecule is C=CCOC(=O)[C@@H](N)CCCCNC(=O)OC(C)(C)C.Cl. The zero-order valence-corrected chi connectivity index (χ0v) is 13.8. The minimum absolute atomic E-state index is 0. The van der Waals surface area contributed by atoms with Crippen molar-refractivity contribution in [2.24, 2.45) is 5.73 Å². The van der Waals surface area contributed by atoms with Gasteiger partial charge in [0.1, 0.15) is 18.2 Å². The van der Waals surface area contributed by atoms with Crippen LogP contribution >= 0.6 is 12.4 Å². The zero-order valence-electron chi connectivity index (χ0n) is 13.0. The summed E-state index contributed by atoms with van der Waals surface area (Å²) in [4.78, 5) is 22.7. The molecule has 0 spiro atoms. The molecule has 1 amide bonds. The maximum Gasteiger partial charge on any atom is 0.407 e. The van der Waals surface area contributed by atoms with E-state index in [9.17, 15) is 9.59 Å². The Kier molecular flexibility index (Phi) is 11.9. The van der Waals surface area contributed by atoms with Crippen LogP contribution < -0.4 is 11.1 Å². The van der Waals surface area contributed by atoms with Crippen molar-refractivity contribution in [3.63, 3.8) is 0 Å². The highest BCUT2D eigenvalue weighted by Crippen LogP contribution is 2.06. The van der Waals surface area contributed by atoms with Gasteiger partial charge in [-0.2, -0.15) is 0 Å². The molecule has 0 saturated heterocycles. The van der Waals surface area contributed by atoms with Crippen molar-refractivity contribution in [1.29, 1.82) is 0 Å². The molecule has 0 saturated carbocycles. The van der Waals surface area contributed by atoms with Gasteiger partial charge in [0.15, 0.2) is 0 Å². The third kappa shape index (κ3) is 13.5. The first kappa shape index (κ1) is 22.0. The molecule has 124 valence electrons. The fourth-order valence-electron chi connectivity index (χ4n) is 1.36. The topological polar surface area (TPSA) is 90.6 Å². The Labute approximate surface area is 132 Å². The quantitative estimate of drug-likeness (QED) is 0.406.